The number of rotatable bonds is 4. The van der Waals surface area contributed by atoms with E-state index in [9.17, 15) is 31.6 Å². The predicted molar refractivity (Wildman–Crippen MR) is 271 cm³/mol. The molecule has 4 aromatic heterocycles. The highest BCUT2D eigenvalue weighted by Gasteiger charge is 2.39. The van der Waals surface area contributed by atoms with Crippen molar-refractivity contribution >= 4 is 58.3 Å². The molecule has 7 aromatic rings. The molecule has 0 spiro atoms. The van der Waals surface area contributed by atoms with Crippen molar-refractivity contribution in [3.05, 3.63) is 162 Å². The van der Waals surface area contributed by atoms with Gasteiger partial charge in [-0.1, -0.05) is 48.6 Å². The minimum atomic E-state index is -0.772. The molecule has 1 unspecified atom stereocenters. The maximum absolute atomic E-state index is 12.4. The van der Waals surface area contributed by atoms with Crippen LogP contribution in [-0.2, 0) is 38.5 Å². The molecule has 330 valence electrons. The SMILES string of the molecule is N#CC1=Cc2c(c3cc(C#N)c(C#N)cc3n2-c2c(C#N)c(-n3c4c(c5c3C=CCC5)CCC=C4)c(-n3c4c(c5ccccc53)CCC=C4)c(-n3c4c(c5c3C=CCC5)CCC=C4)c2C#N)CC1C#N. The first-order chi connectivity index (χ1) is 34.5. The zero-order chi connectivity index (χ0) is 47.4. The van der Waals surface area contributed by atoms with E-state index in [0.717, 1.165) is 104 Å². The standard InChI is InChI=1S/C60H40N10/c61-29-35-25-45-46-26-36(30-62)38(32-64)28-56(46)70(55(45)27-37(35)31-63)57-47(33-65)58(67-49-19-7-1-13-39(49)40-14-2-8-20-50(40)67)60(69-53-23-11-5-17-43(53)44-18-6-12-24-54(44)69)59(48(57)34-66)68-51-21-9-3-15-41(51)42-16-4-10-22-52(42)68/h5,7-12,17,19-25,27-28,36H,1-4,6,13-16,18,26H2. The van der Waals surface area contributed by atoms with Gasteiger partial charge in [0.05, 0.1) is 68.7 Å². The van der Waals surface area contributed by atoms with Crippen LogP contribution in [0.2, 0.25) is 0 Å². The van der Waals surface area contributed by atoms with Crippen molar-refractivity contribution in [2.75, 3.05) is 0 Å². The minimum Gasteiger partial charge on any atom is -0.307 e. The molecule has 0 amide bonds. The summed E-state index contributed by atoms with van der Waals surface area (Å²) in [6.07, 6.45) is 32.5. The van der Waals surface area contributed by atoms with Crippen molar-refractivity contribution in [3.8, 4) is 59.2 Å². The Morgan fingerprint density at radius 3 is 1.37 bits per heavy atom. The molecular weight excluding hydrogens is 861 g/mol. The van der Waals surface area contributed by atoms with Crippen molar-refractivity contribution in [1.82, 2.24) is 18.3 Å². The Bertz CT molecular complexity index is 3850. The Balaban J connectivity index is 1.34. The lowest BCUT2D eigenvalue weighted by Gasteiger charge is -2.29. The molecule has 10 heteroatoms. The molecule has 70 heavy (non-hydrogen) atoms. The zero-order valence-corrected chi connectivity index (χ0v) is 38.1. The number of hydrogen-bond acceptors (Lipinski definition) is 6. The highest BCUT2D eigenvalue weighted by molar-refractivity contribution is 5.99. The molecule has 0 bridgehead atoms. The summed E-state index contributed by atoms with van der Waals surface area (Å²) in [5.41, 5.74) is 17.1. The van der Waals surface area contributed by atoms with Gasteiger partial charge >= 0.3 is 0 Å². The van der Waals surface area contributed by atoms with Crippen LogP contribution >= 0.6 is 0 Å². The van der Waals surface area contributed by atoms with E-state index >= 15 is 0 Å². The molecule has 0 saturated heterocycles. The fourth-order valence-electron chi connectivity index (χ4n) is 12.6. The summed E-state index contributed by atoms with van der Waals surface area (Å²) in [4.78, 5) is 0. The molecule has 6 aliphatic carbocycles. The first kappa shape index (κ1) is 40.9. The third kappa shape index (κ3) is 5.48. The number of benzene rings is 3. The predicted octanol–water partition coefficient (Wildman–Crippen LogP) is 12.0. The minimum absolute atomic E-state index is 0.131. The fourth-order valence-corrected chi connectivity index (χ4v) is 12.6. The Labute approximate surface area is 404 Å². The Hall–Kier alpha value is -9.32. The first-order valence-corrected chi connectivity index (χ1v) is 24.1. The molecule has 13 rings (SSSR count). The number of fused-ring (bicyclic) bond motifs is 12. The van der Waals surface area contributed by atoms with Gasteiger partial charge in [-0.15, -0.1) is 0 Å². The number of para-hydroxylation sites is 1. The summed E-state index contributed by atoms with van der Waals surface area (Å²) in [6.45, 7) is 0. The lowest BCUT2D eigenvalue weighted by Crippen LogP contribution is -2.20. The van der Waals surface area contributed by atoms with E-state index < -0.39 is 5.92 Å². The van der Waals surface area contributed by atoms with Gasteiger partial charge in [-0.05, 0) is 159 Å². The number of nitriles is 6. The summed E-state index contributed by atoms with van der Waals surface area (Å²) >= 11 is 0. The van der Waals surface area contributed by atoms with Crippen LogP contribution in [0.15, 0.2) is 72.4 Å². The summed E-state index contributed by atoms with van der Waals surface area (Å²) in [7, 11) is 0. The Morgan fingerprint density at radius 1 is 0.414 bits per heavy atom. The van der Waals surface area contributed by atoms with Crippen LogP contribution in [0.25, 0.3) is 81.0 Å². The molecule has 0 saturated carbocycles. The second-order valence-electron chi connectivity index (χ2n) is 18.9. The third-order valence-corrected chi connectivity index (χ3v) is 15.5. The van der Waals surface area contributed by atoms with Gasteiger partial charge in [-0.3, -0.25) is 0 Å². The molecular formula is C60H40N10. The smallest absolute Gasteiger partial charge is 0.104 e. The van der Waals surface area contributed by atoms with E-state index in [1.807, 2.05) is 4.57 Å². The topological polar surface area (TPSA) is 162 Å². The van der Waals surface area contributed by atoms with Crippen molar-refractivity contribution in [3.63, 3.8) is 0 Å². The van der Waals surface area contributed by atoms with Crippen LogP contribution in [-0.4, -0.2) is 18.3 Å². The largest absolute Gasteiger partial charge is 0.307 e. The van der Waals surface area contributed by atoms with Crippen molar-refractivity contribution < 1.29 is 0 Å². The Morgan fingerprint density at radius 2 is 0.886 bits per heavy atom. The normalized spacial score (nSPS) is 16.7. The average molecular weight is 901 g/mol. The molecule has 6 aliphatic rings. The number of aromatic nitrogens is 4. The van der Waals surface area contributed by atoms with Crippen LogP contribution in [0, 0.1) is 73.9 Å². The number of allylic oxidation sites excluding steroid dienone is 6. The van der Waals surface area contributed by atoms with E-state index in [1.54, 1.807) is 18.2 Å². The van der Waals surface area contributed by atoms with Gasteiger partial charge in [0.15, 0.2) is 0 Å². The van der Waals surface area contributed by atoms with E-state index in [2.05, 4.69) is 135 Å². The highest BCUT2D eigenvalue weighted by atomic mass is 15.1. The van der Waals surface area contributed by atoms with Gasteiger partial charge in [-0.25, -0.2) is 0 Å². The van der Waals surface area contributed by atoms with Gasteiger partial charge in [0.25, 0.3) is 0 Å². The lowest BCUT2D eigenvalue weighted by molar-refractivity contribution is 0.780. The average Bonchev–Trinajstić information content (AvgIpc) is 4.13. The molecule has 0 radical (unpaired) electrons. The second-order valence-corrected chi connectivity index (χ2v) is 18.9. The van der Waals surface area contributed by atoms with Gasteiger partial charge in [-0.2, -0.15) is 31.6 Å². The van der Waals surface area contributed by atoms with E-state index in [4.69, 9.17) is 0 Å². The molecule has 1 atom stereocenters. The Kier molecular flexibility index (Phi) is 9.13. The quantitative estimate of drug-likeness (QED) is 0.171. The van der Waals surface area contributed by atoms with Gasteiger partial charge in [0.2, 0.25) is 0 Å². The lowest BCUT2D eigenvalue weighted by atomic mass is 9.86. The van der Waals surface area contributed by atoms with E-state index in [0.29, 0.717) is 44.9 Å². The molecule has 0 fully saturated rings. The highest BCUT2D eigenvalue weighted by Crippen LogP contribution is 2.50. The van der Waals surface area contributed by atoms with Crippen LogP contribution in [0.3, 0.4) is 0 Å². The summed E-state index contributed by atoms with van der Waals surface area (Å²) < 4.78 is 8.77. The van der Waals surface area contributed by atoms with Crippen molar-refractivity contribution in [1.29, 1.82) is 31.6 Å². The van der Waals surface area contributed by atoms with Crippen molar-refractivity contribution in [2.24, 2.45) is 5.92 Å². The maximum Gasteiger partial charge on any atom is 0.104 e. The van der Waals surface area contributed by atoms with Crippen LogP contribution in [0.5, 0.6) is 0 Å². The van der Waals surface area contributed by atoms with Gasteiger partial charge < -0.3 is 18.3 Å². The van der Waals surface area contributed by atoms with Crippen molar-refractivity contribution in [2.45, 2.75) is 70.6 Å². The van der Waals surface area contributed by atoms with Gasteiger partial charge in [0, 0.05) is 44.8 Å². The van der Waals surface area contributed by atoms with E-state index in [1.165, 1.54) is 27.8 Å². The first-order valence-electron chi connectivity index (χ1n) is 24.1. The fraction of sp³-hybridized carbons (Fsp3) is 0.200. The molecule has 0 N–H and O–H groups in total. The van der Waals surface area contributed by atoms with Gasteiger partial charge in [0.1, 0.15) is 35.4 Å². The van der Waals surface area contributed by atoms with Crippen LogP contribution < -0.4 is 0 Å². The summed E-state index contributed by atoms with van der Waals surface area (Å²) in [5.74, 6) is -0.772. The van der Waals surface area contributed by atoms with Crippen LogP contribution in [0.4, 0.5) is 0 Å². The molecule has 0 aliphatic heterocycles. The van der Waals surface area contributed by atoms with E-state index in [-0.39, 0.29) is 34.2 Å². The third-order valence-electron chi connectivity index (χ3n) is 15.5. The summed E-state index contributed by atoms with van der Waals surface area (Å²) in [6, 6.07) is 26.4. The molecule has 10 nitrogen and oxygen atoms in total. The zero-order valence-electron chi connectivity index (χ0n) is 38.1. The monoisotopic (exact) mass is 900 g/mol. The number of aryl methyl sites for hydroxylation is 1. The second kappa shape index (κ2) is 15.6. The molecule has 4 heterocycles. The molecule has 3 aromatic carbocycles. The summed E-state index contributed by atoms with van der Waals surface area (Å²) in [5, 5.41) is 68.5. The number of hydrogen-bond donors (Lipinski definition) is 0. The maximum atomic E-state index is 12.4. The number of nitrogens with zero attached hydrogens (tertiary/aromatic N) is 10. The van der Waals surface area contributed by atoms with Crippen LogP contribution in [0.1, 0.15) is 122 Å².